The van der Waals surface area contributed by atoms with Crippen molar-refractivity contribution in [1.82, 2.24) is 34.3 Å². The number of imidazole rings is 1. The molecule has 3 aromatic heterocycles. The van der Waals surface area contributed by atoms with E-state index < -0.39 is 0 Å². The molecule has 0 radical (unpaired) electrons. The van der Waals surface area contributed by atoms with Crippen LogP contribution in [-0.2, 0) is 12.0 Å². The molecule has 0 aromatic carbocycles. The zero-order valence-corrected chi connectivity index (χ0v) is 17.1. The summed E-state index contributed by atoms with van der Waals surface area (Å²) in [5, 5.41) is 13.4. The zero-order chi connectivity index (χ0) is 19.5. The lowest BCUT2D eigenvalue weighted by molar-refractivity contribution is 0.192. The number of fused-ring (bicyclic) bond motifs is 1. The van der Waals surface area contributed by atoms with E-state index in [2.05, 4.69) is 63.4 Å². The Morgan fingerprint density at radius 3 is 2.64 bits per heavy atom. The number of rotatable bonds is 5. The molecule has 0 amide bonds. The van der Waals surface area contributed by atoms with Gasteiger partial charge in [-0.05, 0) is 32.0 Å². The molecule has 0 spiro atoms. The second-order valence-corrected chi connectivity index (χ2v) is 9.23. The predicted molar refractivity (Wildman–Crippen MR) is 107 cm³/mol. The molecule has 2 fully saturated rings. The molecule has 2 aliphatic rings. The van der Waals surface area contributed by atoms with Gasteiger partial charge in [-0.3, -0.25) is 4.90 Å². The molecule has 0 unspecified atom stereocenters. The Morgan fingerprint density at radius 1 is 1.14 bits per heavy atom. The maximum Gasteiger partial charge on any atom is 0.178 e. The minimum atomic E-state index is -0.0900. The summed E-state index contributed by atoms with van der Waals surface area (Å²) in [5.74, 6) is 1.89. The van der Waals surface area contributed by atoms with Crippen molar-refractivity contribution in [2.24, 2.45) is 0 Å². The molecule has 8 heteroatoms. The molecule has 28 heavy (non-hydrogen) atoms. The maximum absolute atomic E-state index is 4.82. The first-order valence-corrected chi connectivity index (χ1v) is 10.1. The highest BCUT2D eigenvalue weighted by molar-refractivity contribution is 5.48. The Labute approximate surface area is 165 Å². The van der Waals surface area contributed by atoms with Crippen molar-refractivity contribution in [3.05, 3.63) is 36.2 Å². The maximum atomic E-state index is 4.82. The highest BCUT2D eigenvalue weighted by Crippen LogP contribution is 2.36. The fourth-order valence-electron chi connectivity index (χ4n) is 3.86. The van der Waals surface area contributed by atoms with Crippen molar-refractivity contribution < 1.29 is 0 Å². The van der Waals surface area contributed by atoms with Gasteiger partial charge in [0.2, 0.25) is 0 Å². The van der Waals surface area contributed by atoms with E-state index in [1.165, 1.54) is 18.5 Å². The van der Waals surface area contributed by atoms with Crippen LogP contribution < -0.4 is 4.90 Å². The lowest BCUT2D eigenvalue weighted by atomic mass is 9.96. The summed E-state index contributed by atoms with van der Waals surface area (Å²) in [6, 6.07) is 5.27. The molecule has 148 valence electrons. The summed E-state index contributed by atoms with van der Waals surface area (Å²) in [6.45, 7) is 9.33. The van der Waals surface area contributed by atoms with Gasteiger partial charge in [0.15, 0.2) is 11.5 Å². The Morgan fingerprint density at radius 2 is 1.93 bits per heavy atom. The summed E-state index contributed by atoms with van der Waals surface area (Å²) in [6.07, 6.45) is 6.58. The first-order chi connectivity index (χ1) is 13.4. The van der Waals surface area contributed by atoms with Gasteiger partial charge < -0.3 is 9.47 Å². The molecule has 1 aliphatic carbocycles. The topological polar surface area (TPSA) is 67.4 Å². The second-order valence-electron chi connectivity index (χ2n) is 9.23. The molecule has 0 atom stereocenters. The molecule has 0 bridgehead atoms. The van der Waals surface area contributed by atoms with E-state index in [1.807, 2.05) is 23.1 Å². The molecular weight excluding hydrogens is 352 g/mol. The van der Waals surface area contributed by atoms with Gasteiger partial charge in [-0.1, -0.05) is 20.8 Å². The smallest absolute Gasteiger partial charge is 0.178 e. The summed E-state index contributed by atoms with van der Waals surface area (Å²) >= 11 is 0. The van der Waals surface area contributed by atoms with Crippen LogP contribution in [0.5, 0.6) is 0 Å². The number of anilines is 1. The van der Waals surface area contributed by atoms with Gasteiger partial charge >= 0.3 is 0 Å². The lowest BCUT2D eigenvalue weighted by Crippen LogP contribution is -2.58. The van der Waals surface area contributed by atoms with Crippen LogP contribution in [0.1, 0.15) is 51.2 Å². The largest absolute Gasteiger partial charge is 0.352 e. The monoisotopic (exact) mass is 380 g/mol. The normalized spacial score (nSPS) is 18.2. The number of hydrogen-bond acceptors (Lipinski definition) is 6. The van der Waals surface area contributed by atoms with Gasteiger partial charge in [-0.15, -0.1) is 15.3 Å². The Bertz CT molecular complexity index is 987. The minimum absolute atomic E-state index is 0.0900. The number of likely N-dealkylation sites (N-methyl/N-ethyl adjacent to an activating group) is 1. The summed E-state index contributed by atoms with van der Waals surface area (Å²) in [7, 11) is 2.21. The van der Waals surface area contributed by atoms with Crippen LogP contribution in [0.2, 0.25) is 0 Å². The molecule has 0 N–H and O–H groups in total. The zero-order valence-electron chi connectivity index (χ0n) is 17.1. The molecule has 5 rings (SSSR count). The van der Waals surface area contributed by atoms with Crippen LogP contribution in [0.4, 0.5) is 5.82 Å². The first-order valence-electron chi connectivity index (χ1n) is 10.1. The third kappa shape index (κ3) is 3.05. The van der Waals surface area contributed by atoms with Gasteiger partial charge in [0.1, 0.15) is 5.82 Å². The minimum Gasteiger partial charge on any atom is -0.352 e. The average Bonchev–Trinajstić information content (AvgIpc) is 3.17. The van der Waals surface area contributed by atoms with Crippen LogP contribution >= 0.6 is 0 Å². The van der Waals surface area contributed by atoms with E-state index in [0.29, 0.717) is 12.1 Å². The van der Waals surface area contributed by atoms with Crippen molar-refractivity contribution in [3.8, 4) is 0 Å². The van der Waals surface area contributed by atoms with Crippen LogP contribution in [0, 0.1) is 0 Å². The van der Waals surface area contributed by atoms with Crippen LogP contribution in [0.25, 0.3) is 5.65 Å². The summed E-state index contributed by atoms with van der Waals surface area (Å²) in [5.41, 5.74) is 2.03. The molecule has 8 nitrogen and oxygen atoms in total. The number of aromatic nitrogens is 6. The first kappa shape index (κ1) is 17.6. The Kier molecular flexibility index (Phi) is 3.94. The highest BCUT2D eigenvalue weighted by atomic mass is 15.4. The molecular formula is C20H28N8. The molecule has 1 aliphatic heterocycles. The van der Waals surface area contributed by atoms with Crippen molar-refractivity contribution in [1.29, 1.82) is 0 Å². The van der Waals surface area contributed by atoms with Crippen molar-refractivity contribution >= 4 is 11.5 Å². The SMILES string of the molecule is CN(Cc1cncn1C1CC1)C1CN(c2ccc3nnc(C(C)(C)C)n3n2)C1. The second kappa shape index (κ2) is 6.27. The predicted octanol–water partition coefficient (Wildman–Crippen LogP) is 2.27. The van der Waals surface area contributed by atoms with E-state index in [4.69, 9.17) is 5.10 Å². The third-order valence-corrected chi connectivity index (χ3v) is 5.83. The van der Waals surface area contributed by atoms with E-state index in [-0.39, 0.29) is 5.41 Å². The molecule has 3 aromatic rings. The molecule has 4 heterocycles. The van der Waals surface area contributed by atoms with Gasteiger partial charge in [0.05, 0.1) is 12.0 Å². The summed E-state index contributed by atoms with van der Waals surface area (Å²) in [4.78, 5) is 9.11. The average molecular weight is 381 g/mol. The van der Waals surface area contributed by atoms with Crippen molar-refractivity contribution in [3.63, 3.8) is 0 Å². The van der Waals surface area contributed by atoms with Gasteiger partial charge in [-0.2, -0.15) is 4.52 Å². The third-order valence-electron chi connectivity index (χ3n) is 5.83. The number of hydrogen-bond donors (Lipinski definition) is 0. The van der Waals surface area contributed by atoms with Gasteiger partial charge in [0.25, 0.3) is 0 Å². The van der Waals surface area contributed by atoms with Crippen LogP contribution in [0.3, 0.4) is 0 Å². The standard InChI is InChI=1S/C20H28N8/c1-20(2,3)19-23-22-17-7-8-18(24-28(17)19)26-11-16(12-26)25(4)10-15-9-21-13-27(15)14-5-6-14/h7-9,13-14,16H,5-6,10-12H2,1-4H3. The highest BCUT2D eigenvalue weighted by Gasteiger charge is 2.33. The lowest BCUT2D eigenvalue weighted by Gasteiger charge is -2.44. The Balaban J connectivity index is 1.26. The summed E-state index contributed by atoms with van der Waals surface area (Å²) < 4.78 is 4.24. The quantitative estimate of drug-likeness (QED) is 0.676. The molecule has 1 saturated heterocycles. The van der Waals surface area contributed by atoms with Gasteiger partial charge in [-0.25, -0.2) is 4.98 Å². The van der Waals surface area contributed by atoms with Crippen LogP contribution in [0.15, 0.2) is 24.7 Å². The fraction of sp³-hybridized carbons (Fsp3) is 0.600. The fourth-order valence-corrected chi connectivity index (χ4v) is 3.86. The van der Waals surface area contributed by atoms with Gasteiger partial charge in [0, 0.05) is 43.3 Å². The molecule has 1 saturated carbocycles. The van der Waals surface area contributed by atoms with Crippen molar-refractivity contribution in [2.45, 2.75) is 57.7 Å². The Hall–Kier alpha value is -2.48. The number of nitrogens with zero attached hydrogens (tertiary/aromatic N) is 8. The van der Waals surface area contributed by atoms with Crippen LogP contribution in [-0.4, -0.2) is 60.4 Å². The van der Waals surface area contributed by atoms with E-state index in [1.54, 1.807) is 0 Å². The van der Waals surface area contributed by atoms with E-state index in [9.17, 15) is 0 Å². The van der Waals surface area contributed by atoms with Crippen molar-refractivity contribution in [2.75, 3.05) is 25.0 Å². The van der Waals surface area contributed by atoms with E-state index in [0.717, 1.165) is 36.9 Å². The van der Waals surface area contributed by atoms with E-state index >= 15 is 0 Å².